The molecule has 2 aromatic heterocycles. The number of fused-ring (bicyclic) bond motifs is 2. The highest BCUT2D eigenvalue weighted by Gasteiger charge is 2.33. The lowest BCUT2D eigenvalue weighted by Crippen LogP contribution is -2.24. The number of ether oxygens (including phenoxy) is 1. The SMILES string of the molecule is Cc1cc(C)c(CCC(=O)c2cc3c(c(-c4cnc5ccccc5c4)c2)OC(C)(C)C3)c(=O)[nH]1. The minimum atomic E-state index is -0.338. The number of H-pyrrole nitrogens is 1. The Morgan fingerprint density at radius 2 is 1.91 bits per heavy atom. The lowest BCUT2D eigenvalue weighted by atomic mass is 9.92. The number of aromatic amines is 1. The van der Waals surface area contributed by atoms with E-state index in [-0.39, 0.29) is 23.4 Å². The molecule has 0 fully saturated rings. The van der Waals surface area contributed by atoms with Gasteiger partial charge in [-0.15, -0.1) is 0 Å². The van der Waals surface area contributed by atoms with Gasteiger partial charge in [-0.25, -0.2) is 0 Å². The largest absolute Gasteiger partial charge is 0.487 e. The molecule has 1 aliphatic rings. The molecule has 5 heteroatoms. The summed E-state index contributed by atoms with van der Waals surface area (Å²) in [5.41, 5.74) is 6.37. The van der Waals surface area contributed by atoms with Gasteiger partial charge in [-0.3, -0.25) is 14.6 Å². The molecular weight excluding hydrogens is 424 g/mol. The highest BCUT2D eigenvalue weighted by atomic mass is 16.5. The fourth-order valence-corrected chi connectivity index (χ4v) is 4.88. The standard InChI is InChI=1S/C29H28N2O3/c1-17-11-18(2)31-28(33)23(17)9-10-26(32)20-13-21-15-29(3,4)34-27(21)24(14-20)22-12-19-7-5-6-8-25(19)30-16-22/h5-8,11-14,16H,9-10,15H2,1-4H3,(H,31,33). The summed E-state index contributed by atoms with van der Waals surface area (Å²) in [4.78, 5) is 33.1. The fraction of sp³-hybridized carbons (Fsp3) is 0.276. The summed E-state index contributed by atoms with van der Waals surface area (Å²) in [5.74, 6) is 0.839. The average Bonchev–Trinajstić information content (AvgIpc) is 3.11. The Morgan fingerprint density at radius 1 is 1.12 bits per heavy atom. The molecule has 1 N–H and O–H groups in total. The van der Waals surface area contributed by atoms with Crippen molar-refractivity contribution in [3.63, 3.8) is 0 Å². The van der Waals surface area contributed by atoms with E-state index >= 15 is 0 Å². The molecule has 0 unspecified atom stereocenters. The average molecular weight is 453 g/mol. The molecule has 1 aliphatic heterocycles. The quantitative estimate of drug-likeness (QED) is 0.392. The predicted molar refractivity (Wildman–Crippen MR) is 135 cm³/mol. The second-order valence-electron chi connectivity index (χ2n) is 9.83. The summed E-state index contributed by atoms with van der Waals surface area (Å²) >= 11 is 0. The number of pyridine rings is 2. The molecule has 34 heavy (non-hydrogen) atoms. The molecule has 0 radical (unpaired) electrons. The molecule has 3 heterocycles. The van der Waals surface area contributed by atoms with Crippen LogP contribution in [0.15, 0.2) is 59.5 Å². The number of carbonyl (C=O) groups excluding carboxylic acids is 1. The Labute approximate surface area is 198 Å². The van der Waals surface area contributed by atoms with Crippen LogP contribution in [0.1, 0.15) is 53.0 Å². The van der Waals surface area contributed by atoms with Crippen LogP contribution < -0.4 is 10.3 Å². The number of hydrogen-bond acceptors (Lipinski definition) is 4. The topological polar surface area (TPSA) is 72.0 Å². The molecule has 0 aliphatic carbocycles. The number of nitrogens with zero attached hydrogens (tertiary/aromatic N) is 1. The maximum Gasteiger partial charge on any atom is 0.251 e. The molecule has 4 aromatic rings. The van der Waals surface area contributed by atoms with Crippen molar-refractivity contribution in [3.05, 3.63) is 93.0 Å². The van der Waals surface area contributed by atoms with Crippen LogP contribution in [0, 0.1) is 13.8 Å². The van der Waals surface area contributed by atoms with E-state index in [2.05, 4.69) is 29.9 Å². The van der Waals surface area contributed by atoms with E-state index in [9.17, 15) is 9.59 Å². The van der Waals surface area contributed by atoms with Crippen LogP contribution in [0.2, 0.25) is 0 Å². The van der Waals surface area contributed by atoms with Gasteiger partial charge in [-0.05, 0) is 75.6 Å². The molecule has 0 atom stereocenters. The molecule has 2 aromatic carbocycles. The lowest BCUT2D eigenvalue weighted by Gasteiger charge is -2.18. The van der Waals surface area contributed by atoms with E-state index in [1.165, 1.54) is 0 Å². The van der Waals surface area contributed by atoms with E-state index in [4.69, 9.17) is 4.74 Å². The number of aryl methyl sites for hydroxylation is 2. The summed E-state index contributed by atoms with van der Waals surface area (Å²) in [7, 11) is 0. The van der Waals surface area contributed by atoms with Gasteiger partial charge in [0.2, 0.25) is 0 Å². The molecule has 0 saturated carbocycles. The van der Waals surface area contributed by atoms with Crippen molar-refractivity contribution in [2.75, 3.05) is 0 Å². The van der Waals surface area contributed by atoms with E-state index in [0.717, 1.165) is 51.0 Å². The van der Waals surface area contributed by atoms with Crippen LogP contribution in [-0.4, -0.2) is 21.4 Å². The first-order chi connectivity index (χ1) is 16.2. The zero-order valence-corrected chi connectivity index (χ0v) is 20.0. The number of Topliss-reactive ketones (excluding diaryl/α,β-unsaturated/α-hetero) is 1. The summed E-state index contributed by atoms with van der Waals surface area (Å²) in [6.07, 6.45) is 3.25. The molecule has 0 saturated heterocycles. The zero-order valence-electron chi connectivity index (χ0n) is 20.0. The smallest absolute Gasteiger partial charge is 0.251 e. The van der Waals surface area contributed by atoms with E-state index in [0.29, 0.717) is 17.5 Å². The number of aromatic nitrogens is 2. The van der Waals surface area contributed by atoms with Gasteiger partial charge in [0.1, 0.15) is 11.4 Å². The van der Waals surface area contributed by atoms with E-state index in [1.807, 2.05) is 62.5 Å². The summed E-state index contributed by atoms with van der Waals surface area (Å²) < 4.78 is 6.31. The molecule has 5 rings (SSSR count). The van der Waals surface area contributed by atoms with Crippen LogP contribution in [0.4, 0.5) is 0 Å². The number of para-hydroxylation sites is 1. The number of rotatable bonds is 5. The van der Waals surface area contributed by atoms with Crippen LogP contribution in [0.5, 0.6) is 5.75 Å². The minimum Gasteiger partial charge on any atom is -0.487 e. The van der Waals surface area contributed by atoms with Crippen molar-refractivity contribution in [2.24, 2.45) is 0 Å². The van der Waals surface area contributed by atoms with Gasteiger partial charge in [0.15, 0.2) is 5.78 Å². The molecule has 172 valence electrons. The van der Waals surface area contributed by atoms with Gasteiger partial charge in [-0.2, -0.15) is 0 Å². The van der Waals surface area contributed by atoms with Gasteiger partial charge in [-0.1, -0.05) is 18.2 Å². The second-order valence-corrected chi connectivity index (χ2v) is 9.83. The van der Waals surface area contributed by atoms with Crippen LogP contribution in [-0.2, 0) is 12.8 Å². The van der Waals surface area contributed by atoms with Gasteiger partial charge < -0.3 is 9.72 Å². The lowest BCUT2D eigenvalue weighted by molar-refractivity contribution is 0.0982. The number of ketones is 1. The number of carbonyl (C=O) groups is 1. The predicted octanol–water partition coefficient (Wildman–Crippen LogP) is 5.74. The summed E-state index contributed by atoms with van der Waals surface area (Å²) in [6, 6.07) is 15.9. The third-order valence-corrected chi connectivity index (χ3v) is 6.48. The highest BCUT2D eigenvalue weighted by molar-refractivity contribution is 5.99. The van der Waals surface area contributed by atoms with E-state index in [1.54, 1.807) is 0 Å². The Balaban J connectivity index is 1.52. The fourth-order valence-electron chi connectivity index (χ4n) is 4.88. The Hall–Kier alpha value is -3.73. The van der Waals surface area contributed by atoms with Gasteiger partial charge in [0, 0.05) is 52.4 Å². The molecule has 5 nitrogen and oxygen atoms in total. The number of benzene rings is 2. The van der Waals surface area contributed by atoms with Gasteiger partial charge >= 0.3 is 0 Å². The first kappa shape index (κ1) is 22.1. The maximum atomic E-state index is 13.3. The molecule has 0 spiro atoms. The normalized spacial score (nSPS) is 14.1. The first-order valence-electron chi connectivity index (χ1n) is 11.6. The molecule has 0 amide bonds. The van der Waals surface area contributed by atoms with Crippen molar-refractivity contribution < 1.29 is 9.53 Å². The molecular formula is C29H28N2O3. The molecule has 0 bridgehead atoms. The highest BCUT2D eigenvalue weighted by Crippen LogP contribution is 2.43. The van der Waals surface area contributed by atoms with Crippen molar-refractivity contribution in [2.45, 2.75) is 52.6 Å². The van der Waals surface area contributed by atoms with Gasteiger partial charge in [0.25, 0.3) is 5.56 Å². The number of nitrogens with one attached hydrogen (secondary N) is 1. The summed E-state index contributed by atoms with van der Waals surface area (Å²) in [6.45, 7) is 7.90. The van der Waals surface area contributed by atoms with Crippen molar-refractivity contribution in [3.8, 4) is 16.9 Å². The maximum absolute atomic E-state index is 13.3. The second kappa shape index (κ2) is 8.24. The first-order valence-corrected chi connectivity index (χ1v) is 11.6. The van der Waals surface area contributed by atoms with Crippen molar-refractivity contribution >= 4 is 16.7 Å². The Kier molecular flexibility index (Phi) is 5.35. The zero-order chi connectivity index (χ0) is 24.0. The van der Waals surface area contributed by atoms with Gasteiger partial charge in [0.05, 0.1) is 5.52 Å². The Bertz CT molecular complexity index is 1500. The van der Waals surface area contributed by atoms with Crippen LogP contribution in [0.25, 0.3) is 22.0 Å². The Morgan fingerprint density at radius 3 is 2.71 bits per heavy atom. The summed E-state index contributed by atoms with van der Waals surface area (Å²) in [5, 5.41) is 1.04. The monoisotopic (exact) mass is 452 g/mol. The number of hydrogen-bond donors (Lipinski definition) is 1. The third kappa shape index (κ3) is 4.14. The van der Waals surface area contributed by atoms with Crippen molar-refractivity contribution in [1.29, 1.82) is 0 Å². The van der Waals surface area contributed by atoms with Crippen LogP contribution in [0.3, 0.4) is 0 Å². The van der Waals surface area contributed by atoms with E-state index < -0.39 is 0 Å². The van der Waals surface area contributed by atoms with Crippen molar-refractivity contribution in [1.82, 2.24) is 9.97 Å². The third-order valence-electron chi connectivity index (χ3n) is 6.48. The van der Waals surface area contributed by atoms with Crippen LogP contribution >= 0.6 is 0 Å². The minimum absolute atomic E-state index is 0.0156.